The van der Waals surface area contributed by atoms with E-state index in [4.69, 9.17) is 4.74 Å². The van der Waals surface area contributed by atoms with Crippen LogP contribution in [0.25, 0.3) is 0 Å². The van der Waals surface area contributed by atoms with Gasteiger partial charge in [-0.25, -0.2) is 15.0 Å². The van der Waals surface area contributed by atoms with Crippen molar-refractivity contribution in [2.45, 2.75) is 32.9 Å². The van der Waals surface area contributed by atoms with Gasteiger partial charge >= 0.3 is 0 Å². The summed E-state index contributed by atoms with van der Waals surface area (Å²) in [7, 11) is 1.69. The summed E-state index contributed by atoms with van der Waals surface area (Å²) in [6, 6.07) is 1.94. The van der Waals surface area contributed by atoms with Crippen LogP contribution < -0.4 is 5.32 Å². The molecule has 0 aromatic carbocycles. The molecule has 20 heavy (non-hydrogen) atoms. The molecule has 0 atom stereocenters. The predicted octanol–water partition coefficient (Wildman–Crippen LogP) is 2.05. The van der Waals surface area contributed by atoms with E-state index in [1.54, 1.807) is 19.6 Å². The highest BCUT2D eigenvalue weighted by atomic mass is 16.5. The van der Waals surface area contributed by atoms with E-state index in [9.17, 15) is 0 Å². The molecule has 0 unspecified atom stereocenters. The number of aromatic nitrogens is 4. The van der Waals surface area contributed by atoms with E-state index in [0.717, 1.165) is 17.9 Å². The van der Waals surface area contributed by atoms with Gasteiger partial charge in [0.2, 0.25) is 5.95 Å². The molecule has 0 saturated heterocycles. The summed E-state index contributed by atoms with van der Waals surface area (Å²) in [5.74, 6) is 1.04. The first-order chi connectivity index (χ1) is 9.70. The van der Waals surface area contributed by atoms with E-state index in [0.29, 0.717) is 25.0 Å². The van der Waals surface area contributed by atoms with Crippen LogP contribution in [-0.2, 0) is 17.8 Å². The molecule has 2 aromatic heterocycles. The fourth-order valence-electron chi connectivity index (χ4n) is 1.84. The van der Waals surface area contributed by atoms with Gasteiger partial charge in [-0.05, 0) is 12.0 Å². The monoisotopic (exact) mass is 275 g/mol. The number of nitrogens with zero attached hydrogens (tertiary/aromatic N) is 4. The van der Waals surface area contributed by atoms with Gasteiger partial charge in [-0.15, -0.1) is 0 Å². The lowest BCUT2D eigenvalue weighted by Gasteiger charge is -2.10. The SMILES string of the molecule is COCCn1cncc1CNc1nccc(C(C)C)n1. The molecule has 0 aliphatic carbocycles. The zero-order chi connectivity index (χ0) is 14.4. The van der Waals surface area contributed by atoms with E-state index in [2.05, 4.69) is 38.7 Å². The van der Waals surface area contributed by atoms with Crippen LogP contribution in [0.4, 0.5) is 5.95 Å². The third kappa shape index (κ3) is 3.77. The Morgan fingerprint density at radius 2 is 2.25 bits per heavy atom. The van der Waals surface area contributed by atoms with E-state index >= 15 is 0 Å². The van der Waals surface area contributed by atoms with Crippen molar-refractivity contribution in [2.24, 2.45) is 0 Å². The quantitative estimate of drug-likeness (QED) is 0.838. The van der Waals surface area contributed by atoms with E-state index in [1.165, 1.54) is 0 Å². The predicted molar refractivity (Wildman–Crippen MR) is 77.6 cm³/mol. The number of rotatable bonds is 7. The van der Waals surface area contributed by atoms with Crippen LogP contribution in [0.2, 0.25) is 0 Å². The molecule has 0 radical (unpaired) electrons. The van der Waals surface area contributed by atoms with Crippen molar-refractivity contribution in [1.29, 1.82) is 0 Å². The Balaban J connectivity index is 1.98. The molecule has 0 saturated carbocycles. The van der Waals surface area contributed by atoms with E-state index < -0.39 is 0 Å². The summed E-state index contributed by atoms with van der Waals surface area (Å²) >= 11 is 0. The normalized spacial score (nSPS) is 11.0. The van der Waals surface area contributed by atoms with Crippen LogP contribution in [0.3, 0.4) is 0 Å². The second kappa shape index (κ2) is 7.00. The molecule has 2 aromatic rings. The summed E-state index contributed by atoms with van der Waals surface area (Å²) in [5.41, 5.74) is 2.12. The minimum Gasteiger partial charge on any atom is -0.383 e. The number of hydrogen-bond donors (Lipinski definition) is 1. The molecule has 0 bridgehead atoms. The standard InChI is InChI=1S/C14H21N5O/c1-11(2)13-4-5-16-14(18-13)17-9-12-8-15-10-19(12)6-7-20-3/h4-5,8,10-11H,6-7,9H2,1-3H3,(H,16,17,18). The van der Waals surface area contributed by atoms with Gasteiger partial charge in [-0.2, -0.15) is 0 Å². The molecule has 0 amide bonds. The highest BCUT2D eigenvalue weighted by Crippen LogP contribution is 2.12. The van der Waals surface area contributed by atoms with Gasteiger partial charge in [-0.3, -0.25) is 0 Å². The molecule has 2 heterocycles. The van der Waals surface area contributed by atoms with Crippen LogP contribution in [0.5, 0.6) is 0 Å². The lowest BCUT2D eigenvalue weighted by molar-refractivity contribution is 0.186. The average molecular weight is 275 g/mol. The summed E-state index contributed by atoms with van der Waals surface area (Å²) in [6.07, 6.45) is 5.43. The Hall–Kier alpha value is -1.95. The van der Waals surface area contributed by atoms with Gasteiger partial charge in [0.25, 0.3) is 0 Å². The zero-order valence-electron chi connectivity index (χ0n) is 12.2. The maximum absolute atomic E-state index is 5.08. The largest absolute Gasteiger partial charge is 0.383 e. The van der Waals surface area contributed by atoms with Crippen molar-refractivity contribution in [3.63, 3.8) is 0 Å². The van der Waals surface area contributed by atoms with Gasteiger partial charge in [0, 0.05) is 31.7 Å². The highest BCUT2D eigenvalue weighted by Gasteiger charge is 2.05. The summed E-state index contributed by atoms with van der Waals surface area (Å²) in [5, 5.41) is 3.24. The maximum atomic E-state index is 5.08. The molecule has 6 heteroatoms. The molecule has 0 aliphatic heterocycles. The maximum Gasteiger partial charge on any atom is 0.223 e. The molecule has 0 fully saturated rings. The summed E-state index contributed by atoms with van der Waals surface area (Å²) in [6.45, 7) is 6.34. The summed E-state index contributed by atoms with van der Waals surface area (Å²) in [4.78, 5) is 12.9. The summed E-state index contributed by atoms with van der Waals surface area (Å²) < 4.78 is 7.14. The Morgan fingerprint density at radius 3 is 3.00 bits per heavy atom. The molecule has 0 aliphatic rings. The number of anilines is 1. The van der Waals surface area contributed by atoms with Crippen LogP contribution in [0.1, 0.15) is 31.2 Å². The third-order valence-electron chi connectivity index (χ3n) is 3.03. The van der Waals surface area contributed by atoms with Crippen LogP contribution in [0.15, 0.2) is 24.8 Å². The Kier molecular flexibility index (Phi) is 5.06. The van der Waals surface area contributed by atoms with Gasteiger partial charge in [0.15, 0.2) is 0 Å². The molecule has 108 valence electrons. The van der Waals surface area contributed by atoms with Crippen molar-refractivity contribution in [1.82, 2.24) is 19.5 Å². The molecule has 0 spiro atoms. The minimum absolute atomic E-state index is 0.394. The molecule has 1 N–H and O–H groups in total. The van der Waals surface area contributed by atoms with Crippen LogP contribution >= 0.6 is 0 Å². The first-order valence-electron chi connectivity index (χ1n) is 6.75. The molecular formula is C14H21N5O. The Labute approximate surface area is 119 Å². The Bertz CT molecular complexity index is 538. The minimum atomic E-state index is 0.394. The first kappa shape index (κ1) is 14.5. The first-order valence-corrected chi connectivity index (χ1v) is 6.75. The number of hydrogen-bond acceptors (Lipinski definition) is 5. The zero-order valence-corrected chi connectivity index (χ0v) is 12.2. The Morgan fingerprint density at radius 1 is 1.40 bits per heavy atom. The number of methoxy groups -OCH3 is 1. The molecule has 6 nitrogen and oxygen atoms in total. The fraction of sp³-hybridized carbons (Fsp3) is 0.500. The van der Waals surface area contributed by atoms with Crippen LogP contribution in [-0.4, -0.2) is 33.2 Å². The lowest BCUT2D eigenvalue weighted by Crippen LogP contribution is -2.11. The smallest absolute Gasteiger partial charge is 0.223 e. The van der Waals surface area contributed by atoms with Gasteiger partial charge < -0.3 is 14.6 Å². The van der Waals surface area contributed by atoms with Gasteiger partial charge in [0.1, 0.15) is 0 Å². The van der Waals surface area contributed by atoms with Gasteiger partial charge in [-0.1, -0.05) is 13.8 Å². The van der Waals surface area contributed by atoms with Crippen molar-refractivity contribution in [2.75, 3.05) is 19.0 Å². The van der Waals surface area contributed by atoms with Crippen LogP contribution in [0, 0.1) is 0 Å². The molecular weight excluding hydrogens is 254 g/mol. The van der Waals surface area contributed by atoms with Gasteiger partial charge in [0.05, 0.1) is 25.2 Å². The lowest BCUT2D eigenvalue weighted by atomic mass is 10.1. The van der Waals surface area contributed by atoms with Crippen molar-refractivity contribution >= 4 is 5.95 Å². The second-order valence-electron chi connectivity index (χ2n) is 4.88. The fourth-order valence-corrected chi connectivity index (χ4v) is 1.84. The van der Waals surface area contributed by atoms with E-state index in [1.807, 2.05) is 12.3 Å². The molecule has 2 rings (SSSR count). The van der Waals surface area contributed by atoms with Crippen molar-refractivity contribution in [3.8, 4) is 0 Å². The highest BCUT2D eigenvalue weighted by molar-refractivity contribution is 5.27. The number of ether oxygens (including phenoxy) is 1. The van der Waals surface area contributed by atoms with Crippen molar-refractivity contribution in [3.05, 3.63) is 36.2 Å². The number of nitrogens with one attached hydrogen (secondary N) is 1. The topological polar surface area (TPSA) is 64.9 Å². The number of imidazole rings is 1. The van der Waals surface area contributed by atoms with E-state index in [-0.39, 0.29) is 0 Å². The second-order valence-corrected chi connectivity index (χ2v) is 4.88. The van der Waals surface area contributed by atoms with Crippen molar-refractivity contribution < 1.29 is 4.74 Å². The third-order valence-corrected chi connectivity index (χ3v) is 3.03. The average Bonchev–Trinajstić information content (AvgIpc) is 2.90.